The van der Waals surface area contributed by atoms with Crippen LogP contribution in [0.2, 0.25) is 5.02 Å². The Kier molecular flexibility index (Phi) is 3.01. The molecular formula is C13H14ClNO. The van der Waals surface area contributed by atoms with Crippen LogP contribution in [0.1, 0.15) is 29.8 Å². The fourth-order valence-electron chi connectivity index (χ4n) is 1.78. The Morgan fingerprint density at radius 2 is 2.19 bits per heavy atom. The van der Waals surface area contributed by atoms with Crippen molar-refractivity contribution in [2.24, 2.45) is 0 Å². The van der Waals surface area contributed by atoms with E-state index in [1.807, 2.05) is 38.2 Å². The Morgan fingerprint density at radius 3 is 2.81 bits per heavy atom. The van der Waals surface area contributed by atoms with Crippen LogP contribution < -0.4 is 5.32 Å². The zero-order chi connectivity index (χ0) is 11.7. The molecule has 0 aromatic heterocycles. The monoisotopic (exact) mass is 235 g/mol. The Bertz CT molecular complexity index is 463. The third-order valence-corrected chi connectivity index (χ3v) is 2.97. The van der Waals surface area contributed by atoms with Gasteiger partial charge >= 0.3 is 0 Å². The van der Waals surface area contributed by atoms with E-state index in [0.29, 0.717) is 17.5 Å². The first-order valence-corrected chi connectivity index (χ1v) is 5.74. The van der Waals surface area contributed by atoms with Gasteiger partial charge in [0.1, 0.15) is 0 Å². The highest BCUT2D eigenvalue weighted by molar-refractivity contribution is 6.32. The lowest BCUT2D eigenvalue weighted by molar-refractivity contribution is 0.103. The summed E-state index contributed by atoms with van der Waals surface area (Å²) in [6.45, 7) is 4.08. The van der Waals surface area contributed by atoms with Gasteiger partial charge in [0.15, 0.2) is 5.78 Å². The van der Waals surface area contributed by atoms with E-state index in [0.717, 1.165) is 16.7 Å². The second-order valence-corrected chi connectivity index (χ2v) is 4.67. The first-order valence-electron chi connectivity index (χ1n) is 5.36. The summed E-state index contributed by atoms with van der Waals surface area (Å²) in [5.41, 5.74) is 2.48. The van der Waals surface area contributed by atoms with Gasteiger partial charge in [-0.25, -0.2) is 0 Å². The number of rotatable bonds is 2. The lowest BCUT2D eigenvalue weighted by Gasteiger charge is -2.04. The van der Waals surface area contributed by atoms with Crippen molar-refractivity contribution in [2.45, 2.75) is 26.3 Å². The fraction of sp³-hybridized carbons (Fsp3) is 0.308. The molecule has 0 saturated carbocycles. The molecule has 0 amide bonds. The van der Waals surface area contributed by atoms with Gasteiger partial charge in [-0.15, -0.1) is 0 Å². The number of allylic oxidation sites excluding steroid dienone is 1. The third-order valence-electron chi connectivity index (χ3n) is 2.61. The van der Waals surface area contributed by atoms with Crippen LogP contribution >= 0.6 is 11.6 Å². The second kappa shape index (κ2) is 4.30. The van der Waals surface area contributed by atoms with Crippen molar-refractivity contribution < 1.29 is 4.79 Å². The third kappa shape index (κ3) is 1.98. The van der Waals surface area contributed by atoms with Gasteiger partial charge in [-0.05, 0) is 25.5 Å². The molecule has 0 atom stereocenters. The van der Waals surface area contributed by atoms with Crippen molar-refractivity contribution in [1.82, 2.24) is 5.32 Å². The van der Waals surface area contributed by atoms with Crippen molar-refractivity contribution in [1.29, 1.82) is 0 Å². The van der Waals surface area contributed by atoms with E-state index in [4.69, 9.17) is 11.6 Å². The summed E-state index contributed by atoms with van der Waals surface area (Å²) < 4.78 is 0. The van der Waals surface area contributed by atoms with E-state index in [1.54, 1.807) is 0 Å². The summed E-state index contributed by atoms with van der Waals surface area (Å²) in [6, 6.07) is 5.81. The lowest BCUT2D eigenvalue weighted by atomic mass is 10.1. The number of carbonyl (C=O) groups excluding carboxylic acids is 1. The summed E-state index contributed by atoms with van der Waals surface area (Å²) >= 11 is 6.06. The molecule has 1 aliphatic carbocycles. The minimum absolute atomic E-state index is 0.0886. The number of fused-ring (bicyclic) bond motifs is 1. The number of ketones is 1. The minimum atomic E-state index is 0.0886. The highest BCUT2D eigenvalue weighted by atomic mass is 35.5. The largest absolute Gasteiger partial charge is 0.388 e. The number of benzene rings is 1. The van der Waals surface area contributed by atoms with E-state index in [1.165, 1.54) is 0 Å². The van der Waals surface area contributed by atoms with E-state index in [9.17, 15) is 4.79 Å². The molecule has 1 aromatic carbocycles. The number of nitrogens with one attached hydrogen (secondary N) is 1. The van der Waals surface area contributed by atoms with Gasteiger partial charge in [0, 0.05) is 34.8 Å². The van der Waals surface area contributed by atoms with Gasteiger partial charge in [0.2, 0.25) is 0 Å². The number of halogens is 1. The van der Waals surface area contributed by atoms with Crippen LogP contribution in [0.3, 0.4) is 0 Å². The maximum atomic E-state index is 12.0. The highest BCUT2D eigenvalue weighted by Crippen LogP contribution is 2.31. The quantitative estimate of drug-likeness (QED) is 0.799. The molecule has 0 heterocycles. The van der Waals surface area contributed by atoms with Gasteiger partial charge in [-0.1, -0.05) is 23.7 Å². The molecule has 2 nitrogen and oxygen atoms in total. The first kappa shape index (κ1) is 11.2. The predicted octanol–water partition coefficient (Wildman–Crippen LogP) is 2.96. The minimum Gasteiger partial charge on any atom is -0.388 e. The maximum Gasteiger partial charge on any atom is 0.191 e. The zero-order valence-corrected chi connectivity index (χ0v) is 10.1. The number of carbonyl (C=O) groups is 1. The molecule has 84 valence electrons. The Morgan fingerprint density at radius 1 is 1.44 bits per heavy atom. The SMILES string of the molecule is CC(C)N/C=C1/Cc2c(Cl)cccc2C1=O. The van der Waals surface area contributed by atoms with E-state index in [-0.39, 0.29) is 5.78 Å². The number of hydrogen-bond donors (Lipinski definition) is 1. The summed E-state index contributed by atoms with van der Waals surface area (Å²) in [5.74, 6) is 0.0886. The Hall–Kier alpha value is -1.28. The van der Waals surface area contributed by atoms with Crippen LogP contribution in [0.4, 0.5) is 0 Å². The standard InChI is InChI=1S/C13H14ClNO/c1-8(2)15-7-9-6-11-10(13(9)16)4-3-5-12(11)14/h3-5,7-8,15H,6H2,1-2H3/b9-7-. The van der Waals surface area contributed by atoms with Gasteiger partial charge in [0.05, 0.1) is 0 Å². The van der Waals surface area contributed by atoms with Crippen molar-refractivity contribution >= 4 is 17.4 Å². The van der Waals surface area contributed by atoms with Crippen molar-refractivity contribution in [3.8, 4) is 0 Å². The molecule has 0 fully saturated rings. The summed E-state index contributed by atoms with van der Waals surface area (Å²) in [5, 5.41) is 3.83. The molecule has 0 radical (unpaired) electrons. The van der Waals surface area contributed by atoms with Gasteiger partial charge in [0.25, 0.3) is 0 Å². The van der Waals surface area contributed by atoms with Crippen LogP contribution in [0.5, 0.6) is 0 Å². The van der Waals surface area contributed by atoms with Crippen LogP contribution in [-0.2, 0) is 6.42 Å². The Balaban J connectivity index is 2.31. The number of hydrogen-bond acceptors (Lipinski definition) is 2. The van der Waals surface area contributed by atoms with E-state index >= 15 is 0 Å². The van der Waals surface area contributed by atoms with Crippen molar-refractivity contribution in [3.63, 3.8) is 0 Å². The van der Waals surface area contributed by atoms with Crippen molar-refractivity contribution in [2.75, 3.05) is 0 Å². The molecule has 16 heavy (non-hydrogen) atoms. The Labute approximate surface area is 100 Å². The smallest absolute Gasteiger partial charge is 0.191 e. The maximum absolute atomic E-state index is 12.0. The molecular weight excluding hydrogens is 222 g/mol. The molecule has 0 saturated heterocycles. The summed E-state index contributed by atoms with van der Waals surface area (Å²) in [7, 11) is 0. The molecule has 2 rings (SSSR count). The normalized spacial score (nSPS) is 17.0. The molecule has 1 N–H and O–H groups in total. The van der Waals surface area contributed by atoms with Gasteiger partial charge < -0.3 is 5.32 Å². The lowest BCUT2D eigenvalue weighted by Crippen LogP contribution is -2.17. The highest BCUT2D eigenvalue weighted by Gasteiger charge is 2.26. The molecule has 1 aromatic rings. The molecule has 0 bridgehead atoms. The first-order chi connectivity index (χ1) is 7.59. The fourth-order valence-corrected chi connectivity index (χ4v) is 2.02. The van der Waals surface area contributed by atoms with Crippen LogP contribution in [0.15, 0.2) is 30.0 Å². The molecule has 3 heteroatoms. The van der Waals surface area contributed by atoms with E-state index < -0.39 is 0 Å². The summed E-state index contributed by atoms with van der Waals surface area (Å²) in [4.78, 5) is 12.0. The van der Waals surface area contributed by atoms with Crippen LogP contribution in [0, 0.1) is 0 Å². The van der Waals surface area contributed by atoms with Crippen LogP contribution in [-0.4, -0.2) is 11.8 Å². The predicted molar refractivity (Wildman–Crippen MR) is 65.8 cm³/mol. The molecule has 0 aliphatic heterocycles. The van der Waals surface area contributed by atoms with Gasteiger partial charge in [-0.3, -0.25) is 4.79 Å². The molecule has 0 unspecified atom stereocenters. The average Bonchev–Trinajstić information content (AvgIpc) is 2.55. The summed E-state index contributed by atoms with van der Waals surface area (Å²) in [6.07, 6.45) is 2.44. The topological polar surface area (TPSA) is 29.1 Å². The van der Waals surface area contributed by atoms with Crippen molar-refractivity contribution in [3.05, 3.63) is 46.1 Å². The zero-order valence-electron chi connectivity index (χ0n) is 9.38. The molecule has 1 aliphatic rings. The number of Topliss-reactive ketones (excluding diaryl/α,β-unsaturated/α-hetero) is 1. The van der Waals surface area contributed by atoms with Gasteiger partial charge in [-0.2, -0.15) is 0 Å². The average molecular weight is 236 g/mol. The molecule has 0 spiro atoms. The van der Waals surface area contributed by atoms with Crippen LogP contribution in [0.25, 0.3) is 0 Å². The second-order valence-electron chi connectivity index (χ2n) is 4.26. The van der Waals surface area contributed by atoms with E-state index in [2.05, 4.69) is 5.32 Å².